The topological polar surface area (TPSA) is 92.2 Å². The zero-order chi connectivity index (χ0) is 13.0. The van der Waals surface area contributed by atoms with Crippen molar-refractivity contribution in [2.24, 2.45) is 5.92 Å². The molecule has 0 aromatic carbocycles. The molecule has 0 aliphatic rings. The van der Waals surface area contributed by atoms with E-state index in [1.165, 1.54) is 19.3 Å². The van der Waals surface area contributed by atoms with Gasteiger partial charge in [-0.05, 0) is 13.8 Å². The van der Waals surface area contributed by atoms with Crippen molar-refractivity contribution in [2.75, 3.05) is 0 Å². The molecule has 0 fully saturated rings. The van der Waals surface area contributed by atoms with E-state index in [1.807, 2.05) is 0 Å². The zero-order valence-corrected chi connectivity index (χ0v) is 10.1. The van der Waals surface area contributed by atoms with Crippen molar-refractivity contribution in [3.05, 3.63) is 23.2 Å². The second-order valence-corrected chi connectivity index (χ2v) is 4.00. The molecule has 6 nitrogen and oxygen atoms in total. The van der Waals surface area contributed by atoms with Gasteiger partial charge in [0, 0.05) is 6.04 Å². The highest BCUT2D eigenvalue weighted by molar-refractivity contribution is 6.29. The first-order valence-corrected chi connectivity index (χ1v) is 5.31. The Bertz CT molecular complexity index is 421. The largest absolute Gasteiger partial charge is 0.481 e. The van der Waals surface area contributed by atoms with Gasteiger partial charge in [0.15, 0.2) is 0 Å². The predicted octanol–water partition coefficient (Wildman–Crippen LogP) is 0.969. The Hall–Kier alpha value is -1.69. The van der Waals surface area contributed by atoms with Crippen LogP contribution in [-0.4, -0.2) is 33.0 Å². The molecule has 1 heterocycles. The fourth-order valence-corrected chi connectivity index (χ4v) is 1.15. The Balaban J connectivity index is 2.66. The molecule has 1 amide bonds. The molecule has 1 aromatic rings. The molecule has 1 aromatic heterocycles. The van der Waals surface area contributed by atoms with Crippen molar-refractivity contribution in [3.8, 4) is 0 Å². The van der Waals surface area contributed by atoms with Gasteiger partial charge in [-0.15, -0.1) is 0 Å². The van der Waals surface area contributed by atoms with E-state index in [0.29, 0.717) is 0 Å². The first-order chi connectivity index (χ1) is 7.91. The van der Waals surface area contributed by atoms with Crippen LogP contribution in [-0.2, 0) is 4.79 Å². The average Bonchev–Trinajstić information content (AvgIpc) is 2.28. The van der Waals surface area contributed by atoms with Crippen molar-refractivity contribution in [1.29, 1.82) is 0 Å². The number of carbonyl (C=O) groups is 2. The van der Waals surface area contributed by atoms with Crippen LogP contribution in [0.5, 0.6) is 0 Å². The second kappa shape index (κ2) is 5.58. The standard InChI is InChI=1S/C10H12ClN3O3/c1-5(10(16)17)6(2)14-9(15)7-3-13-8(11)4-12-7/h3-6H,1-2H3,(H,14,15)(H,16,17). The van der Waals surface area contributed by atoms with Crippen LogP contribution in [0.15, 0.2) is 12.4 Å². The van der Waals surface area contributed by atoms with Crippen LogP contribution in [0.2, 0.25) is 5.15 Å². The molecule has 17 heavy (non-hydrogen) atoms. The summed E-state index contributed by atoms with van der Waals surface area (Å²) in [5, 5.41) is 11.5. The quantitative estimate of drug-likeness (QED) is 0.838. The molecule has 7 heteroatoms. The highest BCUT2D eigenvalue weighted by atomic mass is 35.5. The summed E-state index contributed by atoms with van der Waals surface area (Å²) in [7, 11) is 0. The maximum Gasteiger partial charge on any atom is 0.308 e. The van der Waals surface area contributed by atoms with Gasteiger partial charge in [0.05, 0.1) is 18.3 Å². The number of carboxylic acid groups (broad SMARTS) is 1. The smallest absolute Gasteiger partial charge is 0.308 e. The van der Waals surface area contributed by atoms with Gasteiger partial charge in [-0.2, -0.15) is 0 Å². The minimum Gasteiger partial charge on any atom is -0.481 e. The predicted molar refractivity (Wildman–Crippen MR) is 60.8 cm³/mol. The molecule has 1 rings (SSSR count). The third kappa shape index (κ3) is 3.67. The first kappa shape index (κ1) is 13.4. The van der Waals surface area contributed by atoms with E-state index in [2.05, 4.69) is 15.3 Å². The third-order valence-electron chi connectivity index (χ3n) is 2.35. The first-order valence-electron chi connectivity index (χ1n) is 4.93. The summed E-state index contributed by atoms with van der Waals surface area (Å²) in [6.45, 7) is 3.13. The van der Waals surface area contributed by atoms with E-state index in [4.69, 9.17) is 16.7 Å². The van der Waals surface area contributed by atoms with Crippen LogP contribution >= 0.6 is 11.6 Å². The number of halogens is 1. The Morgan fingerprint density at radius 3 is 2.47 bits per heavy atom. The fourth-order valence-electron chi connectivity index (χ4n) is 1.05. The monoisotopic (exact) mass is 257 g/mol. The molecular formula is C10H12ClN3O3. The van der Waals surface area contributed by atoms with Crippen molar-refractivity contribution in [1.82, 2.24) is 15.3 Å². The SMILES string of the molecule is CC(NC(=O)c1cnc(Cl)cn1)C(C)C(=O)O. The minimum absolute atomic E-state index is 0.0961. The number of amides is 1. The van der Waals surface area contributed by atoms with Gasteiger partial charge in [0.25, 0.3) is 5.91 Å². The summed E-state index contributed by atoms with van der Waals surface area (Å²) in [5.41, 5.74) is 0.0961. The van der Waals surface area contributed by atoms with Crippen LogP contribution in [0.4, 0.5) is 0 Å². The van der Waals surface area contributed by atoms with Gasteiger partial charge < -0.3 is 10.4 Å². The summed E-state index contributed by atoms with van der Waals surface area (Å²) in [5.74, 6) is -2.13. The lowest BCUT2D eigenvalue weighted by atomic mass is 10.0. The Morgan fingerprint density at radius 1 is 1.35 bits per heavy atom. The highest BCUT2D eigenvalue weighted by Gasteiger charge is 2.21. The van der Waals surface area contributed by atoms with E-state index in [0.717, 1.165) is 0 Å². The number of rotatable bonds is 4. The molecular weight excluding hydrogens is 246 g/mol. The van der Waals surface area contributed by atoms with Crippen molar-refractivity contribution in [3.63, 3.8) is 0 Å². The molecule has 0 saturated carbocycles. The van der Waals surface area contributed by atoms with E-state index in [-0.39, 0.29) is 10.8 Å². The number of aromatic nitrogens is 2. The summed E-state index contributed by atoms with van der Waals surface area (Å²) in [4.78, 5) is 29.8. The maximum atomic E-state index is 11.6. The molecule has 0 spiro atoms. The molecule has 0 radical (unpaired) electrons. The van der Waals surface area contributed by atoms with E-state index in [1.54, 1.807) is 6.92 Å². The van der Waals surface area contributed by atoms with Crippen LogP contribution in [0, 0.1) is 5.92 Å². The molecule has 2 unspecified atom stereocenters. The number of hydrogen-bond donors (Lipinski definition) is 2. The molecule has 92 valence electrons. The molecule has 0 aliphatic carbocycles. The van der Waals surface area contributed by atoms with Crippen LogP contribution < -0.4 is 5.32 Å². The average molecular weight is 258 g/mol. The van der Waals surface area contributed by atoms with Crippen LogP contribution in [0.3, 0.4) is 0 Å². The Labute approximate surface area is 103 Å². The minimum atomic E-state index is -0.972. The van der Waals surface area contributed by atoms with Gasteiger partial charge >= 0.3 is 5.97 Å². The van der Waals surface area contributed by atoms with E-state index < -0.39 is 23.8 Å². The summed E-state index contributed by atoms with van der Waals surface area (Å²) in [6, 6.07) is -0.502. The van der Waals surface area contributed by atoms with Gasteiger partial charge in [-0.25, -0.2) is 9.97 Å². The number of aliphatic carboxylic acids is 1. The zero-order valence-electron chi connectivity index (χ0n) is 9.35. The molecule has 0 bridgehead atoms. The van der Waals surface area contributed by atoms with E-state index in [9.17, 15) is 9.59 Å². The van der Waals surface area contributed by atoms with Crippen LogP contribution in [0.1, 0.15) is 24.3 Å². The Kier molecular flexibility index (Phi) is 4.39. The number of nitrogens with one attached hydrogen (secondary N) is 1. The van der Waals surface area contributed by atoms with Crippen LogP contribution in [0.25, 0.3) is 0 Å². The third-order valence-corrected chi connectivity index (χ3v) is 2.55. The second-order valence-electron chi connectivity index (χ2n) is 3.61. The number of hydrogen-bond acceptors (Lipinski definition) is 4. The lowest BCUT2D eigenvalue weighted by molar-refractivity contribution is -0.141. The van der Waals surface area contributed by atoms with Crippen molar-refractivity contribution in [2.45, 2.75) is 19.9 Å². The highest BCUT2D eigenvalue weighted by Crippen LogP contribution is 2.05. The molecule has 2 N–H and O–H groups in total. The molecule has 0 aliphatic heterocycles. The fraction of sp³-hybridized carbons (Fsp3) is 0.400. The van der Waals surface area contributed by atoms with Crippen molar-refractivity contribution >= 4 is 23.5 Å². The van der Waals surface area contributed by atoms with Crippen molar-refractivity contribution < 1.29 is 14.7 Å². The normalized spacial score (nSPS) is 13.8. The van der Waals surface area contributed by atoms with Gasteiger partial charge in [0.1, 0.15) is 10.8 Å². The lowest BCUT2D eigenvalue weighted by Crippen LogP contribution is -2.40. The van der Waals surface area contributed by atoms with Gasteiger partial charge in [-0.1, -0.05) is 11.6 Å². The lowest BCUT2D eigenvalue weighted by Gasteiger charge is -2.17. The summed E-state index contributed by atoms with van der Waals surface area (Å²) >= 11 is 5.53. The van der Waals surface area contributed by atoms with Gasteiger partial charge in [-0.3, -0.25) is 9.59 Å². The number of carbonyl (C=O) groups excluding carboxylic acids is 1. The number of carboxylic acids is 1. The maximum absolute atomic E-state index is 11.6. The summed E-state index contributed by atoms with van der Waals surface area (Å²) < 4.78 is 0. The summed E-state index contributed by atoms with van der Waals surface area (Å²) in [6.07, 6.45) is 2.48. The molecule has 0 saturated heterocycles. The number of nitrogens with zero attached hydrogens (tertiary/aromatic N) is 2. The Morgan fingerprint density at radius 2 is 2.00 bits per heavy atom. The van der Waals surface area contributed by atoms with Gasteiger partial charge in [0.2, 0.25) is 0 Å². The molecule has 2 atom stereocenters. The van der Waals surface area contributed by atoms with E-state index >= 15 is 0 Å².